The molecule has 0 aliphatic rings. The van der Waals surface area contributed by atoms with Gasteiger partial charge in [0.05, 0.1) is 9.40 Å². The molecular weight excluding hydrogens is 430 g/mol. The molecule has 1 aromatic carbocycles. The second-order valence-corrected chi connectivity index (χ2v) is 7.23. The van der Waals surface area contributed by atoms with Gasteiger partial charge in [0.15, 0.2) is 10.7 Å². The summed E-state index contributed by atoms with van der Waals surface area (Å²) in [5.41, 5.74) is -0.516. The third-order valence-corrected chi connectivity index (χ3v) is 4.90. The van der Waals surface area contributed by atoms with E-state index in [1.54, 1.807) is 12.1 Å². The van der Waals surface area contributed by atoms with Crippen LogP contribution in [0.1, 0.15) is 0 Å². The number of benzene rings is 1. The SMILES string of the molecule is O=[N+]([O-])c1ccc(Br)cc1S(=O)(=O)Nc1ncccc1Br. The van der Waals surface area contributed by atoms with Crippen LogP contribution in [-0.2, 0) is 10.0 Å². The molecule has 1 heterocycles. The number of pyridine rings is 1. The quantitative estimate of drug-likeness (QED) is 0.584. The molecule has 2 rings (SSSR count). The molecule has 0 unspecified atom stereocenters. The van der Waals surface area contributed by atoms with Gasteiger partial charge in [-0.3, -0.25) is 14.8 Å². The summed E-state index contributed by atoms with van der Waals surface area (Å²) < 4.78 is 27.7. The van der Waals surface area contributed by atoms with Crippen LogP contribution in [-0.4, -0.2) is 18.3 Å². The Morgan fingerprint density at radius 1 is 1.24 bits per heavy atom. The van der Waals surface area contributed by atoms with Crippen molar-refractivity contribution >= 4 is 53.4 Å². The summed E-state index contributed by atoms with van der Waals surface area (Å²) in [6, 6.07) is 6.89. The standard InChI is InChI=1S/C11H7Br2N3O4S/c12-7-3-4-9(16(17)18)10(6-7)21(19,20)15-11-8(13)2-1-5-14-11/h1-6H,(H,14,15). The summed E-state index contributed by atoms with van der Waals surface area (Å²) in [6.45, 7) is 0. The minimum Gasteiger partial charge on any atom is -0.262 e. The van der Waals surface area contributed by atoms with Gasteiger partial charge in [0.25, 0.3) is 15.7 Å². The molecular formula is C11H7Br2N3O4S. The van der Waals surface area contributed by atoms with E-state index in [9.17, 15) is 18.5 Å². The van der Waals surface area contributed by atoms with E-state index in [0.29, 0.717) is 8.95 Å². The van der Waals surface area contributed by atoms with Crippen molar-refractivity contribution in [2.75, 3.05) is 4.72 Å². The van der Waals surface area contributed by atoms with Gasteiger partial charge in [0, 0.05) is 16.7 Å². The third-order valence-electron chi connectivity index (χ3n) is 2.40. The summed E-state index contributed by atoms with van der Waals surface area (Å²) in [7, 11) is -4.15. The second-order valence-electron chi connectivity index (χ2n) is 3.81. The van der Waals surface area contributed by atoms with Crippen molar-refractivity contribution < 1.29 is 13.3 Å². The van der Waals surface area contributed by atoms with Crippen LogP contribution in [0.25, 0.3) is 0 Å². The highest BCUT2D eigenvalue weighted by Gasteiger charge is 2.27. The van der Waals surface area contributed by atoms with Gasteiger partial charge < -0.3 is 0 Å². The first-order valence-corrected chi connectivity index (χ1v) is 8.45. The smallest absolute Gasteiger partial charge is 0.262 e. The minimum absolute atomic E-state index is 0.0479. The highest BCUT2D eigenvalue weighted by molar-refractivity contribution is 9.10. The normalized spacial score (nSPS) is 11.1. The second kappa shape index (κ2) is 6.08. The summed E-state index contributed by atoms with van der Waals surface area (Å²) in [6.07, 6.45) is 1.40. The number of halogens is 2. The molecule has 2 aromatic rings. The molecule has 0 radical (unpaired) electrons. The topological polar surface area (TPSA) is 102 Å². The van der Waals surface area contributed by atoms with Crippen molar-refractivity contribution in [2.24, 2.45) is 0 Å². The summed E-state index contributed by atoms with van der Waals surface area (Å²) in [5.74, 6) is 0.0479. The van der Waals surface area contributed by atoms with Crippen LogP contribution in [0.5, 0.6) is 0 Å². The van der Waals surface area contributed by atoms with E-state index in [4.69, 9.17) is 0 Å². The highest BCUT2D eigenvalue weighted by atomic mass is 79.9. The van der Waals surface area contributed by atoms with Crippen molar-refractivity contribution in [3.8, 4) is 0 Å². The van der Waals surface area contributed by atoms with Crippen LogP contribution in [0, 0.1) is 10.1 Å². The van der Waals surface area contributed by atoms with E-state index >= 15 is 0 Å². The number of nitrogens with one attached hydrogen (secondary N) is 1. The van der Waals surface area contributed by atoms with E-state index in [1.165, 1.54) is 12.3 Å². The van der Waals surface area contributed by atoms with Gasteiger partial charge in [0.2, 0.25) is 0 Å². The number of nitrogens with zero attached hydrogens (tertiary/aromatic N) is 2. The van der Waals surface area contributed by atoms with Crippen LogP contribution in [0.15, 0.2) is 50.4 Å². The maximum Gasteiger partial charge on any atom is 0.289 e. The number of rotatable bonds is 4. The maximum atomic E-state index is 12.3. The molecule has 1 aromatic heterocycles. The third kappa shape index (κ3) is 3.57. The Hall–Kier alpha value is -1.52. The van der Waals surface area contributed by atoms with Gasteiger partial charge in [-0.05, 0) is 40.2 Å². The van der Waals surface area contributed by atoms with Crippen LogP contribution in [0.3, 0.4) is 0 Å². The van der Waals surface area contributed by atoms with Crippen LogP contribution < -0.4 is 4.72 Å². The fraction of sp³-hybridized carbons (Fsp3) is 0. The van der Waals surface area contributed by atoms with Crippen molar-refractivity contribution in [3.05, 3.63) is 55.6 Å². The molecule has 0 amide bonds. The van der Waals surface area contributed by atoms with Crippen molar-refractivity contribution in [1.82, 2.24) is 4.98 Å². The molecule has 21 heavy (non-hydrogen) atoms. The Morgan fingerprint density at radius 3 is 2.57 bits per heavy atom. The van der Waals surface area contributed by atoms with Crippen molar-refractivity contribution in [3.63, 3.8) is 0 Å². The Bertz CT molecular complexity index is 811. The lowest BCUT2D eigenvalue weighted by Gasteiger charge is -2.09. The molecule has 0 aliphatic carbocycles. The predicted octanol–water partition coefficient (Wildman–Crippen LogP) is 3.32. The summed E-state index contributed by atoms with van der Waals surface area (Å²) >= 11 is 6.25. The van der Waals surface area contributed by atoms with Crippen LogP contribution in [0.4, 0.5) is 11.5 Å². The van der Waals surface area contributed by atoms with Gasteiger partial charge >= 0.3 is 0 Å². The fourth-order valence-electron chi connectivity index (χ4n) is 1.50. The van der Waals surface area contributed by atoms with Gasteiger partial charge in [-0.2, -0.15) is 0 Å². The van der Waals surface area contributed by atoms with Gasteiger partial charge in [0.1, 0.15) is 0 Å². The first-order chi connectivity index (χ1) is 9.81. The number of hydrogen-bond donors (Lipinski definition) is 1. The average molecular weight is 437 g/mol. The first-order valence-electron chi connectivity index (χ1n) is 5.38. The van der Waals surface area contributed by atoms with E-state index < -0.39 is 25.5 Å². The molecule has 0 bridgehead atoms. The van der Waals surface area contributed by atoms with Gasteiger partial charge in [-0.25, -0.2) is 13.4 Å². The Kier molecular flexibility index (Phi) is 4.59. The van der Waals surface area contributed by atoms with Crippen molar-refractivity contribution in [1.29, 1.82) is 0 Å². The van der Waals surface area contributed by atoms with E-state index in [2.05, 4.69) is 41.6 Å². The lowest BCUT2D eigenvalue weighted by Crippen LogP contribution is -2.16. The molecule has 0 aliphatic heterocycles. The zero-order valence-electron chi connectivity index (χ0n) is 10.2. The minimum atomic E-state index is -4.15. The Balaban J connectivity index is 2.52. The van der Waals surface area contributed by atoms with Gasteiger partial charge in [-0.15, -0.1) is 0 Å². The number of nitro benzene ring substituents is 1. The molecule has 0 spiro atoms. The van der Waals surface area contributed by atoms with E-state index in [1.807, 2.05) is 0 Å². The lowest BCUT2D eigenvalue weighted by atomic mass is 10.3. The zero-order valence-corrected chi connectivity index (χ0v) is 14.1. The molecule has 1 N–H and O–H groups in total. The number of hydrogen-bond acceptors (Lipinski definition) is 5. The Labute approximate surface area is 136 Å². The number of anilines is 1. The van der Waals surface area contributed by atoms with Gasteiger partial charge in [-0.1, -0.05) is 15.9 Å². The molecule has 110 valence electrons. The fourth-order valence-corrected chi connectivity index (χ4v) is 3.72. The van der Waals surface area contributed by atoms with Crippen LogP contribution >= 0.6 is 31.9 Å². The lowest BCUT2D eigenvalue weighted by molar-refractivity contribution is -0.387. The number of aromatic nitrogens is 1. The summed E-state index contributed by atoms with van der Waals surface area (Å²) in [4.78, 5) is 13.6. The van der Waals surface area contributed by atoms with E-state index in [0.717, 1.165) is 12.1 Å². The monoisotopic (exact) mass is 435 g/mol. The molecule has 0 fully saturated rings. The predicted molar refractivity (Wildman–Crippen MR) is 83.5 cm³/mol. The Morgan fingerprint density at radius 2 is 1.95 bits per heavy atom. The number of sulfonamides is 1. The maximum absolute atomic E-state index is 12.3. The van der Waals surface area contributed by atoms with E-state index in [-0.39, 0.29) is 5.82 Å². The largest absolute Gasteiger partial charge is 0.289 e. The zero-order chi connectivity index (χ0) is 15.6. The molecule has 0 saturated heterocycles. The molecule has 0 saturated carbocycles. The van der Waals surface area contributed by atoms with Crippen molar-refractivity contribution in [2.45, 2.75) is 4.90 Å². The van der Waals surface area contributed by atoms with Crippen LogP contribution in [0.2, 0.25) is 0 Å². The first kappa shape index (κ1) is 15.9. The molecule has 10 heteroatoms. The summed E-state index contributed by atoms with van der Waals surface area (Å²) in [5, 5.41) is 11.0. The molecule has 0 atom stereocenters. The highest BCUT2D eigenvalue weighted by Crippen LogP contribution is 2.29. The number of nitro groups is 1. The molecule has 7 nitrogen and oxygen atoms in total. The average Bonchev–Trinajstić information content (AvgIpc) is 2.41.